The summed E-state index contributed by atoms with van der Waals surface area (Å²) in [6, 6.07) is 11.6. The number of carbonyl (C=O) groups is 2. The Hall–Kier alpha value is 0.513. The maximum Gasteiger partial charge on any atom is 1.00 e. The van der Waals surface area contributed by atoms with Crippen LogP contribution in [0.1, 0.15) is 10.6 Å². The summed E-state index contributed by atoms with van der Waals surface area (Å²) >= 11 is 0. The third-order valence-electron chi connectivity index (χ3n) is 1.40. The molecule has 0 aliphatic carbocycles. The minimum atomic E-state index is -2.08. The van der Waals surface area contributed by atoms with Crippen molar-refractivity contribution >= 4 is 12.4 Å². The molecule has 2 aromatic rings. The smallest absolute Gasteiger partial charge is 0.872 e. The fourth-order valence-corrected chi connectivity index (χ4v) is 0.779. The van der Waals surface area contributed by atoms with E-state index in [4.69, 9.17) is 15.0 Å². The molecule has 6 nitrogen and oxygen atoms in total. The Morgan fingerprint density at radius 3 is 1.80 bits per heavy atom. The largest absolute Gasteiger partial charge is 1.00 e. The van der Waals surface area contributed by atoms with Crippen LogP contribution in [0.5, 0.6) is 5.75 Å². The number of hydrogen-bond acceptors (Lipinski definition) is 5. The Balaban J connectivity index is -0.000000215. The van der Waals surface area contributed by atoms with Crippen molar-refractivity contribution in [2.24, 2.45) is 0 Å². The quantitative estimate of drug-likeness (QED) is 0.413. The van der Waals surface area contributed by atoms with Crippen molar-refractivity contribution < 1.29 is 132 Å². The van der Waals surface area contributed by atoms with Crippen LogP contribution >= 0.6 is 0 Å². The van der Waals surface area contributed by atoms with Gasteiger partial charge in [-0.3, -0.25) is 4.79 Å². The van der Waals surface area contributed by atoms with Crippen LogP contribution in [-0.4, -0.2) is 17.5 Å². The van der Waals surface area contributed by atoms with Gasteiger partial charge in [0.15, 0.2) is 12.0 Å². The SMILES string of the molecule is O=C([O-])O.O=Cc1ccco1.[K+].[K+].[O-]c1ccccc1. The molecular formula is C12H10K2O6. The number of rotatable bonds is 1. The van der Waals surface area contributed by atoms with Gasteiger partial charge in [0.05, 0.1) is 6.26 Å². The molecule has 20 heavy (non-hydrogen) atoms. The van der Waals surface area contributed by atoms with Gasteiger partial charge in [-0.25, -0.2) is 0 Å². The summed E-state index contributed by atoms with van der Waals surface area (Å²) in [5.74, 6) is 0.447. The average molecular weight is 328 g/mol. The van der Waals surface area contributed by atoms with E-state index in [0.29, 0.717) is 12.0 Å². The first-order chi connectivity index (χ1) is 8.56. The van der Waals surface area contributed by atoms with Gasteiger partial charge in [-0.05, 0) is 12.1 Å². The number of aldehydes is 1. The molecule has 0 spiro atoms. The van der Waals surface area contributed by atoms with Gasteiger partial charge in [-0.1, -0.05) is 30.3 Å². The normalized spacial score (nSPS) is 7.20. The predicted octanol–water partition coefficient (Wildman–Crippen LogP) is -5.25. The molecule has 1 N–H and O–H groups in total. The Bertz CT molecular complexity index is 440. The molecule has 0 radical (unpaired) electrons. The third-order valence-corrected chi connectivity index (χ3v) is 1.40. The monoisotopic (exact) mass is 328 g/mol. The van der Waals surface area contributed by atoms with Gasteiger partial charge in [0.25, 0.3) is 0 Å². The van der Waals surface area contributed by atoms with Crippen molar-refractivity contribution in [3.63, 3.8) is 0 Å². The van der Waals surface area contributed by atoms with E-state index in [1.54, 1.807) is 24.3 Å². The van der Waals surface area contributed by atoms with Gasteiger partial charge < -0.3 is 24.5 Å². The topological polar surface area (TPSA) is 114 Å². The van der Waals surface area contributed by atoms with Crippen LogP contribution in [0.2, 0.25) is 0 Å². The van der Waals surface area contributed by atoms with Crippen LogP contribution in [0.15, 0.2) is 53.1 Å². The number of benzene rings is 1. The summed E-state index contributed by atoms with van der Waals surface area (Å²) in [7, 11) is 0. The van der Waals surface area contributed by atoms with Crippen molar-refractivity contribution in [1.29, 1.82) is 0 Å². The summed E-state index contributed by atoms with van der Waals surface area (Å²) in [6.07, 6.45) is 0.0454. The Labute approximate surface area is 201 Å². The molecule has 0 fully saturated rings. The van der Waals surface area contributed by atoms with Crippen LogP contribution in [0.25, 0.3) is 0 Å². The Kier molecular flexibility index (Phi) is 22.4. The first-order valence-electron chi connectivity index (χ1n) is 4.67. The summed E-state index contributed by atoms with van der Waals surface area (Å²) in [5, 5.41) is 25.6. The van der Waals surface area contributed by atoms with Gasteiger partial charge in [-0.2, -0.15) is 0 Å². The van der Waals surface area contributed by atoms with E-state index in [1.165, 1.54) is 18.4 Å². The van der Waals surface area contributed by atoms with Crippen molar-refractivity contribution in [2.45, 2.75) is 0 Å². The molecule has 0 atom stereocenters. The van der Waals surface area contributed by atoms with Crippen molar-refractivity contribution in [2.75, 3.05) is 0 Å². The second-order valence-electron chi connectivity index (χ2n) is 2.71. The molecule has 0 aliphatic heterocycles. The molecule has 0 saturated carbocycles. The van der Waals surface area contributed by atoms with E-state index in [2.05, 4.69) is 4.42 Å². The third kappa shape index (κ3) is 18.5. The molecule has 96 valence electrons. The van der Waals surface area contributed by atoms with Crippen molar-refractivity contribution in [3.05, 3.63) is 54.5 Å². The minimum Gasteiger partial charge on any atom is -0.872 e. The second kappa shape index (κ2) is 17.6. The number of carboxylic acid groups (broad SMARTS) is 2. The summed E-state index contributed by atoms with van der Waals surface area (Å²) in [5.41, 5.74) is 0. The van der Waals surface area contributed by atoms with Gasteiger partial charge >= 0.3 is 103 Å². The predicted molar refractivity (Wildman–Crippen MR) is 58.0 cm³/mol. The van der Waals surface area contributed by atoms with Gasteiger partial charge in [0, 0.05) is 0 Å². The molecule has 0 amide bonds. The molecule has 0 bridgehead atoms. The summed E-state index contributed by atoms with van der Waals surface area (Å²) in [4.78, 5) is 18.2. The van der Waals surface area contributed by atoms with Crippen LogP contribution in [0, 0.1) is 0 Å². The fourth-order valence-electron chi connectivity index (χ4n) is 0.779. The summed E-state index contributed by atoms with van der Waals surface area (Å²) < 4.78 is 4.61. The zero-order valence-electron chi connectivity index (χ0n) is 11.2. The maximum atomic E-state index is 10.3. The molecule has 8 heteroatoms. The van der Waals surface area contributed by atoms with Crippen molar-refractivity contribution in [1.82, 2.24) is 0 Å². The van der Waals surface area contributed by atoms with Gasteiger partial charge in [-0.15, -0.1) is 5.75 Å². The zero-order chi connectivity index (χ0) is 13.8. The van der Waals surface area contributed by atoms with Crippen LogP contribution in [-0.2, 0) is 0 Å². The fraction of sp³-hybridized carbons (Fsp3) is 0. The molecule has 1 aromatic carbocycles. The zero-order valence-corrected chi connectivity index (χ0v) is 17.4. The van der Waals surface area contributed by atoms with E-state index < -0.39 is 6.16 Å². The minimum absolute atomic E-state index is 0. The molecule has 1 heterocycles. The van der Waals surface area contributed by atoms with E-state index >= 15 is 0 Å². The first kappa shape index (κ1) is 25.5. The molecule has 0 aliphatic rings. The number of carbonyl (C=O) groups excluding carboxylic acids is 1. The Morgan fingerprint density at radius 1 is 1.10 bits per heavy atom. The van der Waals surface area contributed by atoms with Gasteiger partial charge in [0.2, 0.25) is 6.16 Å². The number of hydrogen-bond donors (Lipinski definition) is 1. The molecule has 1 aromatic heterocycles. The summed E-state index contributed by atoms with van der Waals surface area (Å²) in [6.45, 7) is 0. The van der Waals surface area contributed by atoms with Crippen LogP contribution < -0.4 is 113 Å². The van der Waals surface area contributed by atoms with Crippen molar-refractivity contribution in [3.8, 4) is 5.75 Å². The Morgan fingerprint density at radius 2 is 1.60 bits per heavy atom. The van der Waals surface area contributed by atoms with E-state index in [0.717, 1.165) is 0 Å². The van der Waals surface area contributed by atoms with E-state index in [-0.39, 0.29) is 109 Å². The molecule has 2 rings (SSSR count). The van der Waals surface area contributed by atoms with Crippen LogP contribution in [0.3, 0.4) is 0 Å². The van der Waals surface area contributed by atoms with E-state index in [1.807, 2.05) is 6.07 Å². The molecule has 0 saturated heterocycles. The molecule has 0 unspecified atom stereocenters. The molecular weight excluding hydrogens is 318 g/mol. The second-order valence-corrected chi connectivity index (χ2v) is 2.71. The average Bonchev–Trinajstić information content (AvgIpc) is 2.83. The van der Waals surface area contributed by atoms with Crippen LogP contribution in [0.4, 0.5) is 4.79 Å². The standard InChI is InChI=1S/C6H6O.C5H4O2.CH2O3.2K/c7-6-4-2-1-3-5-6;6-4-5-2-1-3-7-5;2-1(3)4;;/h1-5,7H;1-4H;(H2,2,3,4);;/q;;;2*+1/p-2. The maximum absolute atomic E-state index is 10.3. The number of para-hydroxylation sites is 1. The van der Waals surface area contributed by atoms with E-state index in [9.17, 15) is 9.90 Å². The first-order valence-corrected chi connectivity index (χ1v) is 4.67. The van der Waals surface area contributed by atoms with Gasteiger partial charge in [0.1, 0.15) is 0 Å². The number of furan rings is 1.